The highest BCUT2D eigenvalue weighted by Crippen LogP contribution is 2.32. The van der Waals surface area contributed by atoms with E-state index in [9.17, 15) is 14.4 Å². The number of hydrogen-bond acceptors (Lipinski definition) is 4. The summed E-state index contributed by atoms with van der Waals surface area (Å²) in [4.78, 5) is 44.5. The molecule has 0 bridgehead atoms. The van der Waals surface area contributed by atoms with Gasteiger partial charge in [0, 0.05) is 18.2 Å². The molecule has 8 heteroatoms. The molecular weight excluding hydrogens is 384 g/mol. The van der Waals surface area contributed by atoms with Gasteiger partial charge in [-0.1, -0.05) is 44.0 Å². The van der Waals surface area contributed by atoms with Crippen molar-refractivity contribution in [1.29, 1.82) is 0 Å². The third-order valence-corrected chi connectivity index (χ3v) is 5.71. The molecule has 3 N–H and O–H groups in total. The van der Waals surface area contributed by atoms with E-state index in [0.29, 0.717) is 29.9 Å². The van der Waals surface area contributed by atoms with Crippen LogP contribution >= 0.6 is 0 Å². The lowest BCUT2D eigenvalue weighted by atomic mass is 9.82. The van der Waals surface area contributed by atoms with Crippen molar-refractivity contribution in [2.45, 2.75) is 39.2 Å². The van der Waals surface area contributed by atoms with Crippen molar-refractivity contribution in [3.05, 3.63) is 56.7 Å². The Balaban J connectivity index is 1.78. The summed E-state index contributed by atoms with van der Waals surface area (Å²) in [6.45, 7) is 2.94. The summed E-state index contributed by atoms with van der Waals surface area (Å²) in [5, 5.41) is 8.79. The number of H-pyrrole nitrogens is 2. The second kappa shape index (κ2) is 8.14. The van der Waals surface area contributed by atoms with Gasteiger partial charge in [-0.3, -0.25) is 14.8 Å². The van der Waals surface area contributed by atoms with E-state index in [1.165, 1.54) is 18.9 Å². The van der Waals surface area contributed by atoms with E-state index in [1.807, 2.05) is 16.7 Å². The van der Waals surface area contributed by atoms with E-state index in [-0.39, 0.29) is 5.52 Å². The number of rotatable bonds is 5. The number of aliphatic carboxylic acids is 1. The van der Waals surface area contributed by atoms with Crippen molar-refractivity contribution >= 4 is 23.2 Å². The van der Waals surface area contributed by atoms with Crippen LogP contribution in [0.2, 0.25) is 0 Å². The first-order chi connectivity index (χ1) is 14.4. The van der Waals surface area contributed by atoms with Crippen molar-refractivity contribution in [3.63, 3.8) is 0 Å². The fourth-order valence-electron chi connectivity index (χ4n) is 4.33. The largest absolute Gasteiger partial charge is 0.478 e. The van der Waals surface area contributed by atoms with E-state index in [2.05, 4.69) is 21.9 Å². The number of nitrogens with zero attached hydrogens (tertiary/aromatic N) is 2. The summed E-state index contributed by atoms with van der Waals surface area (Å²) in [6.07, 6.45) is 7.21. The number of carboxylic acid groups (broad SMARTS) is 1. The Bertz CT molecular complexity index is 1220. The normalized spacial score (nSPS) is 19.5. The van der Waals surface area contributed by atoms with Crippen molar-refractivity contribution in [1.82, 2.24) is 19.5 Å². The fraction of sp³-hybridized carbons (Fsp3) is 0.364. The summed E-state index contributed by atoms with van der Waals surface area (Å²) in [7, 11) is 0. The predicted molar refractivity (Wildman–Crippen MR) is 114 cm³/mol. The molecule has 0 saturated heterocycles. The Morgan fingerprint density at radius 1 is 1.23 bits per heavy atom. The molecule has 0 radical (unpaired) electrons. The van der Waals surface area contributed by atoms with Crippen LogP contribution < -0.4 is 11.2 Å². The molecule has 2 heterocycles. The summed E-state index contributed by atoms with van der Waals surface area (Å²) >= 11 is 0. The molecule has 1 aromatic carbocycles. The van der Waals surface area contributed by atoms with Crippen LogP contribution in [0.3, 0.4) is 0 Å². The lowest BCUT2D eigenvalue weighted by Crippen LogP contribution is -2.24. The summed E-state index contributed by atoms with van der Waals surface area (Å²) in [6, 6.07) is 7.28. The molecule has 1 fully saturated rings. The molecule has 1 aliphatic carbocycles. The SMILES string of the molecule is CC1CCCC(Cn2c(-c3ccc(/C=C/C(=O)O)cc3)nc3c(=O)[nH]c(=O)[nH]c32)C1. The van der Waals surface area contributed by atoms with Gasteiger partial charge in [-0.05, 0) is 36.3 Å². The minimum absolute atomic E-state index is 0.211. The van der Waals surface area contributed by atoms with Crippen LogP contribution in [0.4, 0.5) is 0 Å². The average Bonchev–Trinajstić information content (AvgIpc) is 3.05. The molecule has 2 atom stereocenters. The monoisotopic (exact) mass is 408 g/mol. The van der Waals surface area contributed by atoms with Gasteiger partial charge in [0.1, 0.15) is 11.5 Å². The lowest BCUT2D eigenvalue weighted by molar-refractivity contribution is -0.131. The Kier molecular flexibility index (Phi) is 5.39. The minimum Gasteiger partial charge on any atom is -0.478 e. The van der Waals surface area contributed by atoms with Crippen LogP contribution in [0.15, 0.2) is 39.9 Å². The summed E-state index contributed by atoms with van der Waals surface area (Å²) in [5.41, 5.74) is 1.13. The van der Waals surface area contributed by atoms with Crippen LogP contribution in [0.5, 0.6) is 0 Å². The van der Waals surface area contributed by atoms with Gasteiger partial charge in [0.05, 0.1) is 0 Å². The summed E-state index contributed by atoms with van der Waals surface area (Å²) in [5.74, 6) is 0.713. The van der Waals surface area contributed by atoms with Crippen LogP contribution in [0, 0.1) is 11.8 Å². The molecule has 0 amide bonds. The van der Waals surface area contributed by atoms with Crippen molar-refractivity contribution < 1.29 is 9.90 Å². The van der Waals surface area contributed by atoms with E-state index in [0.717, 1.165) is 30.0 Å². The zero-order valence-corrected chi connectivity index (χ0v) is 16.7. The van der Waals surface area contributed by atoms with Gasteiger partial charge in [-0.2, -0.15) is 0 Å². The summed E-state index contributed by atoms with van der Waals surface area (Å²) < 4.78 is 1.94. The van der Waals surface area contributed by atoms with Crippen LogP contribution in [0.1, 0.15) is 38.2 Å². The average molecular weight is 408 g/mol. The molecule has 0 spiro atoms. The number of aromatic amines is 2. The molecule has 2 unspecified atom stereocenters. The Morgan fingerprint density at radius 3 is 2.70 bits per heavy atom. The predicted octanol–water partition coefficient (Wildman–Crippen LogP) is 3.00. The van der Waals surface area contributed by atoms with Gasteiger partial charge >= 0.3 is 11.7 Å². The zero-order valence-electron chi connectivity index (χ0n) is 16.7. The third-order valence-electron chi connectivity index (χ3n) is 5.71. The molecule has 3 aromatic rings. The number of benzene rings is 1. The second-order valence-electron chi connectivity index (χ2n) is 8.08. The highest BCUT2D eigenvalue weighted by Gasteiger charge is 2.23. The van der Waals surface area contributed by atoms with Crippen LogP contribution in [-0.4, -0.2) is 30.6 Å². The fourth-order valence-corrected chi connectivity index (χ4v) is 4.33. The van der Waals surface area contributed by atoms with Crippen LogP contribution in [-0.2, 0) is 11.3 Å². The first-order valence-electron chi connectivity index (χ1n) is 10.1. The molecule has 156 valence electrons. The minimum atomic E-state index is -1.01. The smallest absolute Gasteiger partial charge is 0.328 e. The first kappa shape index (κ1) is 19.9. The van der Waals surface area contributed by atoms with Gasteiger partial charge in [0.15, 0.2) is 5.52 Å². The molecule has 1 aliphatic rings. The van der Waals surface area contributed by atoms with Crippen LogP contribution in [0.25, 0.3) is 28.6 Å². The van der Waals surface area contributed by atoms with Crippen molar-refractivity contribution in [3.8, 4) is 11.4 Å². The molecule has 30 heavy (non-hydrogen) atoms. The maximum absolute atomic E-state index is 12.3. The Labute approximate surface area is 172 Å². The number of carbonyl (C=O) groups is 1. The van der Waals surface area contributed by atoms with Gasteiger partial charge in [-0.15, -0.1) is 0 Å². The molecule has 4 rings (SSSR count). The highest BCUT2D eigenvalue weighted by atomic mass is 16.4. The molecule has 2 aromatic heterocycles. The topological polar surface area (TPSA) is 121 Å². The molecule has 0 aliphatic heterocycles. The van der Waals surface area contributed by atoms with E-state index in [4.69, 9.17) is 5.11 Å². The number of fused-ring (bicyclic) bond motifs is 1. The number of imidazole rings is 1. The van der Waals surface area contributed by atoms with E-state index >= 15 is 0 Å². The van der Waals surface area contributed by atoms with E-state index < -0.39 is 17.2 Å². The number of carboxylic acids is 1. The van der Waals surface area contributed by atoms with Gasteiger partial charge in [-0.25, -0.2) is 14.6 Å². The van der Waals surface area contributed by atoms with Crippen molar-refractivity contribution in [2.24, 2.45) is 11.8 Å². The van der Waals surface area contributed by atoms with Gasteiger partial charge < -0.3 is 9.67 Å². The lowest BCUT2D eigenvalue weighted by Gasteiger charge is -2.27. The standard InChI is InChI=1S/C22H24N4O4/c1-13-3-2-4-15(11-13)12-26-19(23-18-20(26)24-22(30)25-21(18)29)16-8-5-14(6-9-16)7-10-17(27)28/h5-10,13,15H,2-4,11-12H2,1H3,(H,27,28)(H2,24,25,29,30)/b10-7+. The number of hydrogen-bond donors (Lipinski definition) is 3. The third kappa shape index (κ3) is 4.12. The van der Waals surface area contributed by atoms with Crippen molar-refractivity contribution in [2.75, 3.05) is 0 Å². The maximum Gasteiger partial charge on any atom is 0.328 e. The zero-order chi connectivity index (χ0) is 21.3. The molecular formula is C22H24N4O4. The van der Waals surface area contributed by atoms with Gasteiger partial charge in [0.25, 0.3) is 5.56 Å². The first-order valence-corrected chi connectivity index (χ1v) is 10.1. The maximum atomic E-state index is 12.3. The van der Waals surface area contributed by atoms with Gasteiger partial charge in [0.2, 0.25) is 0 Å². The quantitative estimate of drug-likeness (QED) is 0.561. The number of aromatic nitrogens is 4. The Morgan fingerprint density at radius 2 is 2.00 bits per heavy atom. The Hall–Kier alpha value is -3.42. The molecule has 8 nitrogen and oxygen atoms in total. The number of nitrogens with one attached hydrogen (secondary N) is 2. The van der Waals surface area contributed by atoms with E-state index in [1.54, 1.807) is 12.1 Å². The highest BCUT2D eigenvalue weighted by molar-refractivity contribution is 5.85. The second-order valence-corrected chi connectivity index (χ2v) is 8.08. The molecule has 1 saturated carbocycles.